The Morgan fingerprint density at radius 3 is 2.26 bits per heavy atom. The van der Waals surface area contributed by atoms with Gasteiger partial charge in [-0.25, -0.2) is 17.8 Å². The van der Waals surface area contributed by atoms with Gasteiger partial charge in [0.15, 0.2) is 9.84 Å². The van der Waals surface area contributed by atoms with Crippen LogP contribution in [0.4, 0.5) is 17.6 Å². The molecule has 0 spiro atoms. The largest absolute Gasteiger partial charge is 0.433 e. The number of alkyl halides is 3. The molecule has 3 aromatic rings. The number of nitrogens with zero attached hydrogens (tertiary/aromatic N) is 1. The fourth-order valence-corrected chi connectivity index (χ4v) is 4.73. The first-order chi connectivity index (χ1) is 17.8. The smallest absolute Gasteiger partial charge is 0.348 e. The normalized spacial score (nSPS) is 12.9. The van der Waals surface area contributed by atoms with Crippen LogP contribution in [0.5, 0.6) is 0 Å². The van der Waals surface area contributed by atoms with Crippen LogP contribution in [0.15, 0.2) is 65.6 Å². The maximum Gasteiger partial charge on any atom is 0.433 e. The summed E-state index contributed by atoms with van der Waals surface area (Å²) in [5.41, 5.74) is 0.219. The Bertz CT molecular complexity index is 1380. The first-order valence-corrected chi connectivity index (χ1v) is 13.6. The summed E-state index contributed by atoms with van der Waals surface area (Å²) in [6.45, 7) is 5.35. The van der Waals surface area contributed by atoms with Crippen LogP contribution in [0.1, 0.15) is 59.7 Å². The number of hydrogen-bond donors (Lipinski definition) is 2. The summed E-state index contributed by atoms with van der Waals surface area (Å²) in [7, 11) is -3.32. The molecule has 6 nitrogen and oxygen atoms in total. The molecule has 0 fully saturated rings. The number of sulfone groups is 1. The third-order valence-corrected chi connectivity index (χ3v) is 7.73. The number of hydrogen-bond acceptors (Lipinski definition) is 5. The number of carbonyl (C=O) groups is 1. The van der Waals surface area contributed by atoms with Crippen molar-refractivity contribution in [2.75, 3.05) is 5.75 Å². The lowest BCUT2D eigenvalue weighted by Crippen LogP contribution is -2.27. The van der Waals surface area contributed by atoms with E-state index in [1.165, 1.54) is 36.4 Å². The quantitative estimate of drug-likeness (QED) is 0.327. The maximum absolute atomic E-state index is 15.1. The van der Waals surface area contributed by atoms with E-state index in [9.17, 15) is 26.4 Å². The highest BCUT2D eigenvalue weighted by molar-refractivity contribution is 7.91. The third kappa shape index (κ3) is 7.38. The summed E-state index contributed by atoms with van der Waals surface area (Å²) in [5, 5.41) is 5.75. The second-order valence-electron chi connectivity index (χ2n) is 9.08. The molecule has 0 bridgehead atoms. The molecule has 0 aliphatic carbocycles. The molecule has 0 aliphatic rings. The lowest BCUT2D eigenvalue weighted by molar-refractivity contribution is -0.141. The maximum atomic E-state index is 15.1. The van der Waals surface area contributed by atoms with Crippen LogP contribution in [0.25, 0.3) is 0 Å². The van der Waals surface area contributed by atoms with E-state index in [2.05, 4.69) is 15.6 Å². The van der Waals surface area contributed by atoms with Crippen LogP contribution in [0, 0.1) is 11.7 Å². The zero-order valence-corrected chi connectivity index (χ0v) is 22.0. The molecule has 2 N–H and O–H groups in total. The van der Waals surface area contributed by atoms with Crippen LogP contribution in [-0.4, -0.2) is 25.1 Å². The fourth-order valence-electron chi connectivity index (χ4n) is 3.84. The van der Waals surface area contributed by atoms with Crippen molar-refractivity contribution < 1.29 is 30.8 Å². The van der Waals surface area contributed by atoms with Gasteiger partial charge in [-0.1, -0.05) is 45.0 Å². The minimum absolute atomic E-state index is 0.00715. The highest BCUT2D eigenvalue weighted by Crippen LogP contribution is 2.28. The summed E-state index contributed by atoms with van der Waals surface area (Å²) in [6, 6.07) is 13.3. The second kappa shape index (κ2) is 12.0. The van der Waals surface area contributed by atoms with Crippen molar-refractivity contribution in [1.82, 2.24) is 15.6 Å². The number of benzene rings is 2. The molecule has 11 heteroatoms. The van der Waals surface area contributed by atoms with Crippen LogP contribution < -0.4 is 10.6 Å². The molecule has 2 aromatic carbocycles. The van der Waals surface area contributed by atoms with E-state index in [1.807, 2.05) is 13.8 Å². The van der Waals surface area contributed by atoms with E-state index in [4.69, 9.17) is 0 Å². The van der Waals surface area contributed by atoms with Crippen LogP contribution >= 0.6 is 0 Å². The monoisotopic (exact) mass is 551 g/mol. The molecule has 0 radical (unpaired) electrons. The van der Waals surface area contributed by atoms with Gasteiger partial charge in [0.2, 0.25) is 0 Å². The Kier molecular flexibility index (Phi) is 9.26. The van der Waals surface area contributed by atoms with Gasteiger partial charge < -0.3 is 10.6 Å². The van der Waals surface area contributed by atoms with Crippen molar-refractivity contribution in [3.8, 4) is 0 Å². The molecule has 0 aliphatic heterocycles. The molecular weight excluding hydrogens is 522 g/mol. The Balaban J connectivity index is 1.67. The van der Waals surface area contributed by atoms with Crippen molar-refractivity contribution in [2.45, 2.75) is 51.0 Å². The van der Waals surface area contributed by atoms with Gasteiger partial charge >= 0.3 is 6.18 Å². The van der Waals surface area contributed by atoms with Gasteiger partial charge in [-0.05, 0) is 47.9 Å². The van der Waals surface area contributed by atoms with Crippen LogP contribution in [0.3, 0.4) is 0 Å². The molecule has 1 unspecified atom stereocenters. The number of amides is 1. The van der Waals surface area contributed by atoms with Crippen LogP contribution in [0.2, 0.25) is 0 Å². The van der Waals surface area contributed by atoms with Crippen molar-refractivity contribution in [1.29, 1.82) is 0 Å². The molecule has 1 aromatic heterocycles. The molecule has 1 atom stereocenters. The zero-order chi connectivity index (χ0) is 28.1. The lowest BCUT2D eigenvalue weighted by Gasteiger charge is -2.24. The molecule has 1 heterocycles. The second-order valence-corrected chi connectivity index (χ2v) is 11.4. The number of pyridine rings is 1. The third-order valence-electron chi connectivity index (χ3n) is 5.98. The Labute approximate surface area is 219 Å². The standard InChI is InChI=1S/C27H29F4N3O3S/c1-4-38(36,37)21-11-8-18(9-12-21)15-33-26(35)19-10-13-22(23(28)14-19)25(17(2)3)32-16-20-6-5-7-24(34-20)27(29,30)31/h5-14,17,25,32H,4,15-16H2,1-3H3,(H,33,35). The molecule has 3 rings (SSSR count). The van der Waals surface area contributed by atoms with E-state index < -0.39 is 39.5 Å². The number of nitrogens with one attached hydrogen (secondary N) is 2. The van der Waals surface area contributed by atoms with Gasteiger partial charge in [0.25, 0.3) is 5.91 Å². The lowest BCUT2D eigenvalue weighted by atomic mass is 9.94. The number of carbonyl (C=O) groups excluding carboxylic acids is 1. The van der Waals surface area contributed by atoms with Gasteiger partial charge in [0, 0.05) is 30.3 Å². The SMILES string of the molecule is CCS(=O)(=O)c1ccc(CNC(=O)c2ccc(C(NCc3cccc(C(F)(F)F)n3)C(C)C)c(F)c2)cc1. The Morgan fingerprint density at radius 1 is 1.00 bits per heavy atom. The van der Waals surface area contributed by atoms with E-state index in [0.29, 0.717) is 5.56 Å². The van der Waals surface area contributed by atoms with Crippen molar-refractivity contribution in [3.63, 3.8) is 0 Å². The van der Waals surface area contributed by atoms with Gasteiger partial charge in [-0.3, -0.25) is 4.79 Å². The first-order valence-electron chi connectivity index (χ1n) is 12.0. The highest BCUT2D eigenvalue weighted by Gasteiger charge is 2.32. The summed E-state index contributed by atoms with van der Waals surface area (Å²) in [4.78, 5) is 16.4. The topological polar surface area (TPSA) is 88.2 Å². The minimum Gasteiger partial charge on any atom is -0.348 e. The van der Waals surface area contributed by atoms with E-state index in [0.717, 1.165) is 12.1 Å². The predicted octanol–water partition coefficient (Wildman–Crippen LogP) is 5.45. The average molecular weight is 552 g/mol. The minimum atomic E-state index is -4.56. The van der Waals surface area contributed by atoms with E-state index in [1.54, 1.807) is 19.1 Å². The summed E-state index contributed by atoms with van der Waals surface area (Å²) in [5.74, 6) is -1.27. The van der Waals surface area contributed by atoms with Gasteiger partial charge in [0.05, 0.1) is 16.3 Å². The summed E-state index contributed by atoms with van der Waals surface area (Å²) >= 11 is 0. The van der Waals surface area contributed by atoms with E-state index >= 15 is 4.39 Å². The fraction of sp³-hybridized carbons (Fsp3) is 0.333. The number of rotatable bonds is 10. The Morgan fingerprint density at radius 2 is 1.68 bits per heavy atom. The predicted molar refractivity (Wildman–Crippen MR) is 135 cm³/mol. The molecular formula is C27H29F4N3O3S. The summed E-state index contributed by atoms with van der Waals surface area (Å²) in [6.07, 6.45) is -4.56. The summed E-state index contributed by atoms with van der Waals surface area (Å²) < 4.78 is 77.8. The average Bonchev–Trinajstić information content (AvgIpc) is 2.88. The highest BCUT2D eigenvalue weighted by atomic mass is 32.2. The van der Waals surface area contributed by atoms with Gasteiger partial charge in [-0.15, -0.1) is 0 Å². The van der Waals surface area contributed by atoms with Gasteiger partial charge in [-0.2, -0.15) is 13.2 Å². The Hall–Kier alpha value is -3.31. The van der Waals surface area contributed by atoms with Crippen molar-refractivity contribution >= 4 is 15.7 Å². The van der Waals surface area contributed by atoms with Gasteiger partial charge in [0.1, 0.15) is 11.5 Å². The molecule has 0 saturated carbocycles. The molecule has 38 heavy (non-hydrogen) atoms. The molecule has 1 amide bonds. The first kappa shape index (κ1) is 29.2. The molecule has 204 valence electrons. The van der Waals surface area contributed by atoms with Crippen LogP contribution in [-0.2, 0) is 29.1 Å². The van der Waals surface area contributed by atoms with Crippen molar-refractivity contribution in [3.05, 3.63) is 94.6 Å². The zero-order valence-electron chi connectivity index (χ0n) is 21.1. The molecule has 0 saturated heterocycles. The number of aromatic nitrogens is 1. The van der Waals surface area contributed by atoms with Crippen molar-refractivity contribution in [2.24, 2.45) is 5.92 Å². The number of halogens is 4. The van der Waals surface area contributed by atoms with E-state index in [-0.39, 0.29) is 46.5 Å².